The largest absolute Gasteiger partial charge is 0.454 e. The summed E-state index contributed by atoms with van der Waals surface area (Å²) >= 11 is 0. The Morgan fingerprint density at radius 1 is 1.03 bits per heavy atom. The van der Waals surface area contributed by atoms with E-state index in [1.54, 1.807) is 11.9 Å². The molecule has 0 bridgehead atoms. The smallest absolute Gasteiger partial charge is 0.248 e. The standard InChI is InChI=1S/C25H25N3O4/c1-24-11-10-17-16-6-4-5-7-18(16)26-22(17)25(2,28(24)21(29)13-27(3)23(24)30)15-8-9-19-20(12-15)32-14-31-19/h4-9,12,26H,10-11,13-14H2,1-3H3/t24-,25-/m1/s1. The van der Waals surface area contributed by atoms with Gasteiger partial charge in [-0.25, -0.2) is 0 Å². The summed E-state index contributed by atoms with van der Waals surface area (Å²) in [5.41, 5.74) is 2.16. The van der Waals surface area contributed by atoms with Gasteiger partial charge in [-0.05, 0) is 56.0 Å². The summed E-state index contributed by atoms with van der Waals surface area (Å²) < 4.78 is 11.2. The van der Waals surface area contributed by atoms with Crippen molar-refractivity contribution >= 4 is 22.7 Å². The van der Waals surface area contributed by atoms with E-state index in [2.05, 4.69) is 17.1 Å². The highest BCUT2D eigenvalue weighted by atomic mass is 16.7. The van der Waals surface area contributed by atoms with Crippen molar-refractivity contribution in [2.45, 2.75) is 37.8 Å². The Kier molecular flexibility index (Phi) is 3.77. The van der Waals surface area contributed by atoms with Gasteiger partial charge in [0, 0.05) is 23.6 Å². The van der Waals surface area contributed by atoms with Crippen LogP contribution in [0.25, 0.3) is 10.9 Å². The molecular weight excluding hydrogens is 406 g/mol. The number of hydrogen-bond donors (Lipinski definition) is 1. The number of aryl methyl sites for hydroxylation is 1. The summed E-state index contributed by atoms with van der Waals surface area (Å²) in [5, 5.41) is 1.13. The first-order valence-corrected chi connectivity index (χ1v) is 10.9. The number of piperazine rings is 1. The molecule has 0 saturated carbocycles. The number of nitrogens with one attached hydrogen (secondary N) is 1. The molecule has 0 aliphatic carbocycles. The first-order chi connectivity index (χ1) is 15.3. The Hall–Kier alpha value is -3.48. The fourth-order valence-electron chi connectivity index (χ4n) is 5.92. The number of carbonyl (C=O) groups excluding carboxylic acids is 2. The van der Waals surface area contributed by atoms with Gasteiger partial charge in [-0.2, -0.15) is 0 Å². The van der Waals surface area contributed by atoms with Crippen LogP contribution in [-0.4, -0.2) is 52.5 Å². The number of likely N-dealkylation sites (N-methyl/N-ethyl adjacent to an activating group) is 1. The molecule has 32 heavy (non-hydrogen) atoms. The number of rotatable bonds is 1. The van der Waals surface area contributed by atoms with Gasteiger partial charge < -0.3 is 24.3 Å². The van der Waals surface area contributed by atoms with Crippen molar-refractivity contribution in [2.75, 3.05) is 20.4 Å². The molecule has 164 valence electrons. The van der Waals surface area contributed by atoms with Crippen molar-refractivity contribution in [1.29, 1.82) is 0 Å². The van der Waals surface area contributed by atoms with Gasteiger partial charge in [-0.1, -0.05) is 24.3 Å². The van der Waals surface area contributed by atoms with Gasteiger partial charge in [0.2, 0.25) is 18.6 Å². The van der Waals surface area contributed by atoms with Crippen molar-refractivity contribution in [3.63, 3.8) is 0 Å². The van der Waals surface area contributed by atoms with E-state index in [-0.39, 0.29) is 25.2 Å². The van der Waals surface area contributed by atoms with Gasteiger partial charge in [-0.3, -0.25) is 9.59 Å². The van der Waals surface area contributed by atoms with E-state index in [4.69, 9.17) is 9.47 Å². The van der Waals surface area contributed by atoms with E-state index in [0.717, 1.165) is 27.7 Å². The molecule has 3 aromatic rings. The Morgan fingerprint density at radius 2 is 1.81 bits per heavy atom. The molecule has 3 aliphatic heterocycles. The van der Waals surface area contributed by atoms with E-state index in [1.165, 1.54) is 0 Å². The summed E-state index contributed by atoms with van der Waals surface area (Å²) in [4.78, 5) is 34.1. The fourth-order valence-corrected chi connectivity index (χ4v) is 5.92. The van der Waals surface area contributed by atoms with Crippen LogP contribution in [0.2, 0.25) is 0 Å². The van der Waals surface area contributed by atoms with E-state index in [9.17, 15) is 9.59 Å². The van der Waals surface area contributed by atoms with Gasteiger partial charge in [0.25, 0.3) is 0 Å². The fraction of sp³-hybridized carbons (Fsp3) is 0.360. The van der Waals surface area contributed by atoms with Crippen molar-refractivity contribution in [3.8, 4) is 11.5 Å². The van der Waals surface area contributed by atoms with Gasteiger partial charge in [0.05, 0.1) is 6.54 Å². The minimum absolute atomic E-state index is 0.0291. The minimum atomic E-state index is -0.962. The SMILES string of the molecule is CN1CC(=O)N2[C@](C)(c3ccc4c(c3)OCO4)c3[nH]c4ccccc4c3CC[C@]2(C)C1=O. The van der Waals surface area contributed by atoms with Crippen LogP contribution in [0.15, 0.2) is 42.5 Å². The normalized spacial score (nSPS) is 26.8. The first-order valence-electron chi connectivity index (χ1n) is 10.9. The molecule has 6 rings (SSSR count). The third kappa shape index (κ3) is 2.31. The highest BCUT2D eigenvalue weighted by Crippen LogP contribution is 2.50. The molecule has 7 nitrogen and oxygen atoms in total. The van der Waals surface area contributed by atoms with Crippen molar-refractivity contribution in [1.82, 2.24) is 14.8 Å². The monoisotopic (exact) mass is 431 g/mol. The second-order valence-corrected chi connectivity index (χ2v) is 9.33. The van der Waals surface area contributed by atoms with Crippen LogP contribution < -0.4 is 9.47 Å². The lowest BCUT2D eigenvalue weighted by Gasteiger charge is -2.53. The molecule has 4 heterocycles. The van der Waals surface area contributed by atoms with Gasteiger partial charge in [0.1, 0.15) is 11.1 Å². The van der Waals surface area contributed by atoms with Crippen molar-refractivity contribution in [3.05, 3.63) is 59.3 Å². The zero-order valence-corrected chi connectivity index (χ0v) is 18.4. The number of nitrogens with zero attached hydrogens (tertiary/aromatic N) is 2. The van der Waals surface area contributed by atoms with E-state index >= 15 is 0 Å². The maximum absolute atomic E-state index is 13.7. The van der Waals surface area contributed by atoms with Gasteiger partial charge in [0.15, 0.2) is 11.5 Å². The molecule has 2 amide bonds. The second-order valence-electron chi connectivity index (χ2n) is 9.33. The average Bonchev–Trinajstić information content (AvgIpc) is 3.38. The number of fused-ring (bicyclic) bond motifs is 5. The van der Waals surface area contributed by atoms with Gasteiger partial charge >= 0.3 is 0 Å². The van der Waals surface area contributed by atoms with Crippen molar-refractivity contribution in [2.24, 2.45) is 0 Å². The molecule has 7 heteroatoms. The number of H-pyrrole nitrogens is 1. The Balaban J connectivity index is 1.67. The third-order valence-electron chi connectivity index (χ3n) is 7.47. The number of aromatic amines is 1. The summed E-state index contributed by atoms with van der Waals surface area (Å²) in [6, 6.07) is 14.0. The van der Waals surface area contributed by atoms with E-state index < -0.39 is 11.1 Å². The molecule has 3 aliphatic rings. The molecule has 1 saturated heterocycles. The lowest BCUT2D eigenvalue weighted by Crippen LogP contribution is -2.70. The Labute approximate surface area is 185 Å². The molecule has 2 atom stereocenters. The minimum Gasteiger partial charge on any atom is -0.454 e. The first kappa shape index (κ1) is 19.2. The van der Waals surface area contributed by atoms with Crippen LogP contribution in [0.3, 0.4) is 0 Å². The number of aromatic nitrogens is 1. The zero-order valence-electron chi connectivity index (χ0n) is 18.4. The number of amides is 2. The molecular formula is C25H25N3O4. The van der Waals surface area contributed by atoms with Crippen LogP contribution in [-0.2, 0) is 21.5 Å². The molecule has 2 aromatic carbocycles. The summed E-state index contributed by atoms with van der Waals surface area (Å²) in [7, 11) is 1.71. The second kappa shape index (κ2) is 6.28. The quantitative estimate of drug-likeness (QED) is 0.642. The molecule has 1 N–H and O–H groups in total. The number of benzene rings is 2. The van der Waals surface area contributed by atoms with Crippen LogP contribution in [0.4, 0.5) is 0 Å². The van der Waals surface area contributed by atoms with Gasteiger partial charge in [-0.15, -0.1) is 0 Å². The molecule has 1 aromatic heterocycles. The van der Waals surface area contributed by atoms with Crippen LogP contribution >= 0.6 is 0 Å². The third-order valence-corrected chi connectivity index (χ3v) is 7.47. The average molecular weight is 431 g/mol. The highest BCUT2D eigenvalue weighted by molar-refractivity contribution is 5.99. The molecule has 0 unspecified atom stereocenters. The predicted octanol–water partition coefficient (Wildman–Crippen LogP) is 3.17. The summed E-state index contributed by atoms with van der Waals surface area (Å²) in [6.07, 6.45) is 1.25. The maximum atomic E-state index is 13.7. The number of para-hydroxylation sites is 1. The summed E-state index contributed by atoms with van der Waals surface area (Å²) in [5.74, 6) is 1.24. The molecule has 1 fully saturated rings. The number of carbonyl (C=O) groups is 2. The lowest BCUT2D eigenvalue weighted by atomic mass is 9.80. The molecule has 0 radical (unpaired) electrons. The van der Waals surface area contributed by atoms with E-state index in [0.29, 0.717) is 24.3 Å². The summed E-state index contributed by atoms with van der Waals surface area (Å²) in [6.45, 7) is 4.18. The zero-order chi connectivity index (χ0) is 22.3. The number of ether oxygens (including phenoxy) is 2. The van der Waals surface area contributed by atoms with Crippen molar-refractivity contribution < 1.29 is 19.1 Å². The molecule has 0 spiro atoms. The lowest BCUT2D eigenvalue weighted by molar-refractivity contribution is -0.169. The maximum Gasteiger partial charge on any atom is 0.248 e. The Morgan fingerprint density at radius 3 is 2.66 bits per heavy atom. The predicted molar refractivity (Wildman–Crippen MR) is 119 cm³/mol. The van der Waals surface area contributed by atoms with Crippen LogP contribution in [0.1, 0.15) is 37.1 Å². The highest BCUT2D eigenvalue weighted by Gasteiger charge is 2.58. The van der Waals surface area contributed by atoms with Crippen LogP contribution in [0, 0.1) is 0 Å². The topological polar surface area (TPSA) is 74.9 Å². The van der Waals surface area contributed by atoms with E-state index in [1.807, 2.05) is 49.1 Å². The Bertz CT molecular complexity index is 1300. The number of hydrogen-bond acceptors (Lipinski definition) is 4. The van der Waals surface area contributed by atoms with Crippen LogP contribution in [0.5, 0.6) is 11.5 Å².